The van der Waals surface area contributed by atoms with Gasteiger partial charge in [0.05, 0.1) is 4.90 Å². The first-order valence-corrected chi connectivity index (χ1v) is 7.89. The maximum atomic E-state index is 12.2. The molecule has 106 valence electrons. The standard InChI is InChI=1S/C12H17ClN2O3S/c1-3-15(4-2)19(17,18)11-7-5-10(6-8-11)14-12(16)9-13/h5-8H,3-4,9H2,1-2H3,(H,14,16). The number of nitrogens with zero attached hydrogens (tertiary/aromatic N) is 1. The largest absolute Gasteiger partial charge is 0.325 e. The van der Waals surface area contributed by atoms with Gasteiger partial charge in [0.15, 0.2) is 0 Å². The summed E-state index contributed by atoms with van der Waals surface area (Å²) in [5.41, 5.74) is 0.518. The highest BCUT2D eigenvalue weighted by atomic mass is 35.5. The van der Waals surface area contributed by atoms with Gasteiger partial charge in [-0.05, 0) is 24.3 Å². The minimum absolute atomic E-state index is 0.139. The minimum atomic E-state index is -3.46. The number of carbonyl (C=O) groups excluding carboxylic acids is 1. The molecule has 0 spiro atoms. The van der Waals surface area contributed by atoms with Crippen LogP contribution < -0.4 is 5.32 Å². The molecule has 0 heterocycles. The third-order valence-electron chi connectivity index (χ3n) is 2.60. The van der Waals surface area contributed by atoms with E-state index in [2.05, 4.69) is 5.32 Å². The van der Waals surface area contributed by atoms with Crippen molar-refractivity contribution in [3.63, 3.8) is 0 Å². The van der Waals surface area contributed by atoms with Crippen molar-refractivity contribution in [3.05, 3.63) is 24.3 Å². The van der Waals surface area contributed by atoms with E-state index in [0.29, 0.717) is 18.8 Å². The monoisotopic (exact) mass is 304 g/mol. The number of amides is 1. The van der Waals surface area contributed by atoms with Crippen LogP contribution in [-0.2, 0) is 14.8 Å². The predicted molar refractivity (Wildman–Crippen MR) is 75.9 cm³/mol. The van der Waals surface area contributed by atoms with Crippen molar-refractivity contribution >= 4 is 33.2 Å². The Morgan fingerprint density at radius 1 is 1.21 bits per heavy atom. The van der Waals surface area contributed by atoms with Crippen LogP contribution in [0.1, 0.15) is 13.8 Å². The van der Waals surface area contributed by atoms with Crippen molar-refractivity contribution in [3.8, 4) is 0 Å². The summed E-state index contributed by atoms with van der Waals surface area (Å²) in [6, 6.07) is 6.02. The third-order valence-corrected chi connectivity index (χ3v) is 4.91. The van der Waals surface area contributed by atoms with E-state index < -0.39 is 10.0 Å². The van der Waals surface area contributed by atoms with Gasteiger partial charge in [-0.3, -0.25) is 4.79 Å². The number of carbonyl (C=O) groups is 1. The van der Waals surface area contributed by atoms with Crippen LogP contribution in [0.5, 0.6) is 0 Å². The molecule has 0 atom stereocenters. The first-order chi connectivity index (χ1) is 8.95. The van der Waals surface area contributed by atoms with Crippen LogP contribution in [-0.4, -0.2) is 37.6 Å². The zero-order valence-corrected chi connectivity index (χ0v) is 12.5. The van der Waals surface area contributed by atoms with Crippen LogP contribution in [0.25, 0.3) is 0 Å². The van der Waals surface area contributed by atoms with E-state index in [9.17, 15) is 13.2 Å². The lowest BCUT2D eigenvalue weighted by Gasteiger charge is -2.18. The van der Waals surface area contributed by atoms with Gasteiger partial charge in [-0.25, -0.2) is 8.42 Å². The Hall–Kier alpha value is -1.11. The average molecular weight is 305 g/mol. The van der Waals surface area contributed by atoms with Gasteiger partial charge in [-0.1, -0.05) is 13.8 Å². The van der Waals surface area contributed by atoms with Crippen LogP contribution in [0.3, 0.4) is 0 Å². The summed E-state index contributed by atoms with van der Waals surface area (Å²) in [5.74, 6) is -0.472. The molecule has 0 aliphatic carbocycles. The number of sulfonamides is 1. The molecular formula is C12H17ClN2O3S. The fourth-order valence-electron chi connectivity index (χ4n) is 1.62. The summed E-state index contributed by atoms with van der Waals surface area (Å²) >= 11 is 5.37. The summed E-state index contributed by atoms with van der Waals surface area (Å²) in [7, 11) is -3.46. The van der Waals surface area contributed by atoms with Crippen molar-refractivity contribution in [2.24, 2.45) is 0 Å². The maximum Gasteiger partial charge on any atom is 0.243 e. The van der Waals surface area contributed by atoms with Crippen molar-refractivity contribution in [2.45, 2.75) is 18.7 Å². The van der Waals surface area contributed by atoms with Gasteiger partial charge in [-0.2, -0.15) is 4.31 Å². The number of nitrogens with one attached hydrogen (secondary N) is 1. The summed E-state index contributed by atoms with van der Waals surface area (Å²) in [4.78, 5) is 11.3. The Morgan fingerprint density at radius 3 is 2.16 bits per heavy atom. The molecule has 0 aliphatic rings. The fourth-order valence-corrected chi connectivity index (χ4v) is 3.14. The van der Waals surface area contributed by atoms with Crippen LogP contribution in [0, 0.1) is 0 Å². The SMILES string of the molecule is CCN(CC)S(=O)(=O)c1ccc(NC(=O)CCl)cc1. The fraction of sp³-hybridized carbons (Fsp3) is 0.417. The van der Waals surface area contributed by atoms with Gasteiger partial charge in [0.25, 0.3) is 0 Å². The van der Waals surface area contributed by atoms with Crippen LogP contribution in [0.2, 0.25) is 0 Å². The third kappa shape index (κ3) is 3.92. The van der Waals surface area contributed by atoms with Gasteiger partial charge >= 0.3 is 0 Å². The Kier molecular flexibility index (Phi) is 5.78. The van der Waals surface area contributed by atoms with Gasteiger partial charge in [0, 0.05) is 18.8 Å². The average Bonchev–Trinajstić information content (AvgIpc) is 2.40. The smallest absolute Gasteiger partial charge is 0.243 e. The lowest BCUT2D eigenvalue weighted by atomic mass is 10.3. The van der Waals surface area contributed by atoms with E-state index in [1.807, 2.05) is 0 Å². The van der Waals surface area contributed by atoms with Gasteiger partial charge in [0.2, 0.25) is 15.9 Å². The van der Waals surface area contributed by atoms with E-state index in [1.165, 1.54) is 16.4 Å². The van der Waals surface area contributed by atoms with E-state index in [0.717, 1.165) is 0 Å². The van der Waals surface area contributed by atoms with E-state index in [4.69, 9.17) is 11.6 Å². The number of benzene rings is 1. The molecule has 0 radical (unpaired) electrons. The number of halogens is 1. The first kappa shape index (κ1) is 15.9. The molecule has 19 heavy (non-hydrogen) atoms. The summed E-state index contributed by atoms with van der Waals surface area (Å²) < 4.78 is 25.8. The van der Waals surface area contributed by atoms with E-state index in [-0.39, 0.29) is 16.7 Å². The van der Waals surface area contributed by atoms with Crippen molar-refractivity contribution in [1.82, 2.24) is 4.31 Å². The second-order valence-electron chi connectivity index (χ2n) is 3.80. The predicted octanol–water partition coefficient (Wildman–Crippen LogP) is 1.89. The Morgan fingerprint density at radius 2 is 1.74 bits per heavy atom. The molecule has 1 N–H and O–H groups in total. The van der Waals surface area contributed by atoms with E-state index in [1.54, 1.807) is 26.0 Å². The van der Waals surface area contributed by atoms with Crippen molar-refractivity contribution in [2.75, 3.05) is 24.3 Å². The number of rotatable bonds is 6. The minimum Gasteiger partial charge on any atom is -0.325 e. The second-order valence-corrected chi connectivity index (χ2v) is 6.00. The topological polar surface area (TPSA) is 66.5 Å². The highest BCUT2D eigenvalue weighted by Crippen LogP contribution is 2.18. The molecule has 5 nitrogen and oxygen atoms in total. The van der Waals surface area contributed by atoms with Crippen LogP contribution in [0.15, 0.2) is 29.2 Å². The Labute approximate surface area is 118 Å². The second kappa shape index (κ2) is 6.88. The van der Waals surface area contributed by atoms with Gasteiger partial charge in [-0.15, -0.1) is 11.6 Å². The molecule has 0 fully saturated rings. The molecule has 1 amide bonds. The maximum absolute atomic E-state index is 12.2. The first-order valence-electron chi connectivity index (χ1n) is 5.91. The van der Waals surface area contributed by atoms with Crippen molar-refractivity contribution in [1.29, 1.82) is 0 Å². The molecule has 0 bridgehead atoms. The summed E-state index contributed by atoms with van der Waals surface area (Å²) in [5, 5.41) is 2.55. The number of hydrogen-bond acceptors (Lipinski definition) is 3. The molecule has 0 saturated heterocycles. The zero-order valence-electron chi connectivity index (χ0n) is 10.9. The lowest BCUT2D eigenvalue weighted by Crippen LogP contribution is -2.30. The summed E-state index contributed by atoms with van der Waals surface area (Å²) in [6.45, 7) is 4.42. The number of anilines is 1. The zero-order chi connectivity index (χ0) is 14.5. The molecule has 7 heteroatoms. The van der Waals surface area contributed by atoms with Crippen LogP contribution in [0.4, 0.5) is 5.69 Å². The van der Waals surface area contributed by atoms with Crippen molar-refractivity contribution < 1.29 is 13.2 Å². The highest BCUT2D eigenvalue weighted by molar-refractivity contribution is 7.89. The molecule has 1 aromatic rings. The van der Waals surface area contributed by atoms with Gasteiger partial charge in [0.1, 0.15) is 5.88 Å². The number of alkyl halides is 1. The normalized spacial score (nSPS) is 11.6. The quantitative estimate of drug-likeness (QED) is 0.816. The Bertz CT molecular complexity index is 524. The lowest BCUT2D eigenvalue weighted by molar-refractivity contribution is -0.113. The Balaban J connectivity index is 2.95. The highest BCUT2D eigenvalue weighted by Gasteiger charge is 2.21. The molecule has 1 aromatic carbocycles. The van der Waals surface area contributed by atoms with E-state index >= 15 is 0 Å². The molecule has 0 aromatic heterocycles. The molecule has 0 aliphatic heterocycles. The molecule has 0 unspecified atom stereocenters. The molecular weight excluding hydrogens is 288 g/mol. The van der Waals surface area contributed by atoms with Crippen LogP contribution >= 0.6 is 11.6 Å². The molecule has 1 rings (SSSR count). The van der Waals surface area contributed by atoms with Gasteiger partial charge < -0.3 is 5.32 Å². The molecule has 0 saturated carbocycles. The summed E-state index contributed by atoms with van der Waals surface area (Å²) in [6.07, 6.45) is 0. The number of hydrogen-bond donors (Lipinski definition) is 1.